The third-order valence-electron chi connectivity index (χ3n) is 3.65. The average Bonchev–Trinajstić information content (AvgIpc) is 2.46. The fraction of sp³-hybridized carbons (Fsp3) is 0.533. The minimum Gasteiger partial charge on any atom is -0.386 e. The SMILES string of the molecule is I.NC(=NCC(O)c1ccc(Cl)cc1)NC1CCCCC1. The van der Waals surface area contributed by atoms with Crippen molar-refractivity contribution in [3.8, 4) is 0 Å². The summed E-state index contributed by atoms with van der Waals surface area (Å²) >= 11 is 5.81. The van der Waals surface area contributed by atoms with Crippen LogP contribution < -0.4 is 11.1 Å². The van der Waals surface area contributed by atoms with Gasteiger partial charge in [0.1, 0.15) is 0 Å². The molecule has 1 aliphatic carbocycles. The highest BCUT2D eigenvalue weighted by atomic mass is 127. The zero-order valence-electron chi connectivity index (χ0n) is 12.0. The largest absolute Gasteiger partial charge is 0.386 e. The van der Waals surface area contributed by atoms with Crippen molar-refractivity contribution in [1.82, 2.24) is 5.32 Å². The first-order valence-corrected chi connectivity index (χ1v) is 7.53. The summed E-state index contributed by atoms with van der Waals surface area (Å²) in [4.78, 5) is 4.22. The van der Waals surface area contributed by atoms with E-state index in [1.807, 2.05) is 0 Å². The van der Waals surface area contributed by atoms with Crippen LogP contribution in [0.2, 0.25) is 5.02 Å². The summed E-state index contributed by atoms with van der Waals surface area (Å²) in [6, 6.07) is 7.54. The van der Waals surface area contributed by atoms with E-state index in [0.717, 1.165) is 18.4 Å². The first-order chi connectivity index (χ1) is 9.65. The van der Waals surface area contributed by atoms with Gasteiger partial charge in [-0.2, -0.15) is 0 Å². The Bertz CT molecular complexity index is 447. The molecule has 0 bridgehead atoms. The number of halogens is 2. The van der Waals surface area contributed by atoms with Crippen molar-refractivity contribution in [2.45, 2.75) is 44.2 Å². The molecule has 0 aromatic heterocycles. The Morgan fingerprint density at radius 2 is 1.90 bits per heavy atom. The highest BCUT2D eigenvalue weighted by molar-refractivity contribution is 14.0. The Morgan fingerprint density at radius 1 is 1.29 bits per heavy atom. The Balaban J connectivity index is 0.00000220. The van der Waals surface area contributed by atoms with Gasteiger partial charge in [0.05, 0.1) is 12.6 Å². The molecule has 0 saturated heterocycles. The van der Waals surface area contributed by atoms with E-state index in [0.29, 0.717) is 17.0 Å². The molecular formula is C15H23ClIN3O. The minimum atomic E-state index is -0.654. The maximum atomic E-state index is 10.0. The van der Waals surface area contributed by atoms with Gasteiger partial charge < -0.3 is 16.2 Å². The van der Waals surface area contributed by atoms with Crippen molar-refractivity contribution >= 4 is 41.5 Å². The van der Waals surface area contributed by atoms with Gasteiger partial charge in [0, 0.05) is 11.1 Å². The first-order valence-electron chi connectivity index (χ1n) is 7.15. The highest BCUT2D eigenvalue weighted by Gasteiger charge is 2.13. The van der Waals surface area contributed by atoms with Gasteiger partial charge in [-0.15, -0.1) is 24.0 Å². The van der Waals surface area contributed by atoms with Crippen LogP contribution in [0.15, 0.2) is 29.3 Å². The molecule has 0 radical (unpaired) electrons. The fourth-order valence-corrected chi connectivity index (χ4v) is 2.60. The highest BCUT2D eigenvalue weighted by Crippen LogP contribution is 2.18. The summed E-state index contributed by atoms with van der Waals surface area (Å²) in [5.74, 6) is 0.421. The molecule has 4 N–H and O–H groups in total. The maximum absolute atomic E-state index is 10.0. The molecule has 1 aliphatic rings. The van der Waals surface area contributed by atoms with E-state index >= 15 is 0 Å². The molecule has 0 heterocycles. The average molecular weight is 424 g/mol. The van der Waals surface area contributed by atoms with Gasteiger partial charge in [-0.05, 0) is 30.5 Å². The number of nitrogens with two attached hydrogens (primary N) is 1. The van der Waals surface area contributed by atoms with Gasteiger partial charge in [-0.3, -0.25) is 4.99 Å². The second-order valence-corrected chi connectivity index (χ2v) is 5.71. The molecule has 6 heteroatoms. The lowest BCUT2D eigenvalue weighted by Crippen LogP contribution is -2.41. The number of hydrogen-bond acceptors (Lipinski definition) is 2. The summed E-state index contributed by atoms with van der Waals surface area (Å²) in [5.41, 5.74) is 6.66. The van der Waals surface area contributed by atoms with E-state index in [4.69, 9.17) is 17.3 Å². The van der Waals surface area contributed by atoms with Crippen molar-refractivity contribution in [2.75, 3.05) is 6.54 Å². The first kappa shape index (κ1) is 18.5. The standard InChI is InChI=1S/C15H22ClN3O.HI/c16-12-8-6-11(7-9-12)14(20)10-18-15(17)19-13-4-2-1-3-5-13;/h6-9,13-14,20H,1-5,10H2,(H3,17,18,19);1H. The lowest BCUT2D eigenvalue weighted by Gasteiger charge is -2.23. The van der Waals surface area contributed by atoms with Crippen molar-refractivity contribution in [2.24, 2.45) is 10.7 Å². The predicted octanol–water partition coefficient (Wildman–Crippen LogP) is 3.23. The molecule has 118 valence electrons. The Labute approximate surface area is 148 Å². The normalized spacial score (nSPS) is 17.9. The van der Waals surface area contributed by atoms with Gasteiger partial charge in [0.2, 0.25) is 0 Å². The Hall–Kier alpha value is -0.530. The van der Waals surface area contributed by atoms with Crippen LogP contribution in [0.4, 0.5) is 0 Å². The van der Waals surface area contributed by atoms with Crippen LogP contribution in [-0.4, -0.2) is 23.7 Å². The van der Waals surface area contributed by atoms with E-state index < -0.39 is 6.10 Å². The monoisotopic (exact) mass is 423 g/mol. The van der Waals surface area contributed by atoms with Gasteiger partial charge >= 0.3 is 0 Å². The lowest BCUT2D eigenvalue weighted by atomic mass is 9.96. The van der Waals surface area contributed by atoms with Crippen LogP contribution in [0.3, 0.4) is 0 Å². The minimum absolute atomic E-state index is 0. The van der Waals surface area contributed by atoms with Crippen molar-refractivity contribution in [3.05, 3.63) is 34.9 Å². The Kier molecular flexibility index (Phi) is 8.36. The number of aliphatic hydroxyl groups is 1. The van der Waals surface area contributed by atoms with E-state index in [9.17, 15) is 5.11 Å². The number of hydrogen-bond donors (Lipinski definition) is 3. The summed E-state index contributed by atoms with van der Waals surface area (Å²) in [6.45, 7) is 0.257. The lowest BCUT2D eigenvalue weighted by molar-refractivity contribution is 0.187. The zero-order chi connectivity index (χ0) is 14.4. The third kappa shape index (κ3) is 6.40. The van der Waals surface area contributed by atoms with Crippen molar-refractivity contribution in [1.29, 1.82) is 0 Å². The molecule has 1 saturated carbocycles. The van der Waals surface area contributed by atoms with Crippen molar-refractivity contribution in [3.63, 3.8) is 0 Å². The van der Waals surface area contributed by atoms with Crippen molar-refractivity contribution < 1.29 is 5.11 Å². The predicted molar refractivity (Wildman–Crippen MR) is 98.3 cm³/mol. The molecule has 0 amide bonds. The van der Waals surface area contributed by atoms with Crippen LogP contribution in [0.5, 0.6) is 0 Å². The third-order valence-corrected chi connectivity index (χ3v) is 3.90. The quantitative estimate of drug-likeness (QED) is 0.395. The summed E-state index contributed by atoms with van der Waals surface area (Å²) in [7, 11) is 0. The molecule has 0 aliphatic heterocycles. The molecule has 1 unspecified atom stereocenters. The maximum Gasteiger partial charge on any atom is 0.188 e. The second kappa shape index (κ2) is 9.48. The molecule has 1 aromatic carbocycles. The number of aliphatic hydroxyl groups excluding tert-OH is 1. The number of benzene rings is 1. The van der Waals surface area contributed by atoms with Crippen LogP contribution in [0.1, 0.15) is 43.8 Å². The fourth-order valence-electron chi connectivity index (χ4n) is 2.48. The van der Waals surface area contributed by atoms with Crippen LogP contribution in [-0.2, 0) is 0 Å². The molecule has 1 fully saturated rings. The van der Waals surface area contributed by atoms with Gasteiger partial charge in [0.25, 0.3) is 0 Å². The summed E-state index contributed by atoms with van der Waals surface area (Å²) < 4.78 is 0. The topological polar surface area (TPSA) is 70.6 Å². The van der Waals surface area contributed by atoms with E-state index in [1.54, 1.807) is 24.3 Å². The second-order valence-electron chi connectivity index (χ2n) is 5.27. The van der Waals surface area contributed by atoms with E-state index in [2.05, 4.69) is 10.3 Å². The summed E-state index contributed by atoms with van der Waals surface area (Å²) in [6.07, 6.45) is 5.45. The summed E-state index contributed by atoms with van der Waals surface area (Å²) in [5, 5.41) is 13.9. The number of aliphatic imine (C=N–C) groups is 1. The molecule has 4 nitrogen and oxygen atoms in total. The van der Waals surface area contributed by atoms with Gasteiger partial charge in [-0.1, -0.05) is 43.0 Å². The molecule has 21 heavy (non-hydrogen) atoms. The number of rotatable bonds is 4. The van der Waals surface area contributed by atoms with Gasteiger partial charge in [0.15, 0.2) is 5.96 Å². The smallest absolute Gasteiger partial charge is 0.188 e. The molecule has 2 rings (SSSR count). The number of guanidine groups is 1. The van der Waals surface area contributed by atoms with E-state index in [-0.39, 0.29) is 30.5 Å². The molecule has 0 spiro atoms. The van der Waals surface area contributed by atoms with Crippen LogP contribution in [0.25, 0.3) is 0 Å². The molecular weight excluding hydrogens is 401 g/mol. The van der Waals surface area contributed by atoms with Gasteiger partial charge in [-0.25, -0.2) is 0 Å². The van der Waals surface area contributed by atoms with E-state index in [1.165, 1.54) is 19.3 Å². The number of nitrogens with zero attached hydrogens (tertiary/aromatic N) is 1. The van der Waals surface area contributed by atoms with Crippen LogP contribution in [0, 0.1) is 0 Å². The number of nitrogens with one attached hydrogen (secondary N) is 1. The molecule has 1 aromatic rings. The van der Waals surface area contributed by atoms with Crippen LogP contribution >= 0.6 is 35.6 Å². The molecule has 1 atom stereocenters. The zero-order valence-corrected chi connectivity index (χ0v) is 15.1. The Morgan fingerprint density at radius 3 is 2.52 bits per heavy atom.